The molecule has 0 saturated carbocycles. The molecule has 7 nitrogen and oxygen atoms in total. The smallest absolute Gasteiger partial charge is 0.246 e. The van der Waals surface area contributed by atoms with Gasteiger partial charge in [0.05, 0.1) is 5.69 Å². The Balaban J connectivity index is 1.83. The van der Waals surface area contributed by atoms with Gasteiger partial charge in [0, 0.05) is 70.8 Å². The molecule has 0 aromatic carbocycles. The van der Waals surface area contributed by atoms with E-state index < -0.39 is 10.0 Å². The highest BCUT2D eigenvalue weighted by Gasteiger charge is 2.32. The van der Waals surface area contributed by atoms with Gasteiger partial charge in [0.2, 0.25) is 10.0 Å². The molecule has 0 unspecified atom stereocenters. The minimum absolute atomic E-state index is 0.338. The maximum Gasteiger partial charge on any atom is 0.246 e. The van der Waals surface area contributed by atoms with Gasteiger partial charge < -0.3 is 10.2 Å². The number of nitrogens with one attached hydrogen (secondary N) is 1. The van der Waals surface area contributed by atoms with Crippen molar-refractivity contribution >= 4 is 15.7 Å². The number of nitrogens with zero attached hydrogens (tertiary/aromatic N) is 4. The molecule has 0 radical (unpaired) electrons. The van der Waals surface area contributed by atoms with Crippen LogP contribution in [0.15, 0.2) is 23.4 Å². The predicted octanol–water partition coefficient (Wildman–Crippen LogP) is 0.206. The Morgan fingerprint density at radius 1 is 1.08 bits per heavy atom. The van der Waals surface area contributed by atoms with Crippen LogP contribution in [0.2, 0.25) is 0 Å². The number of hydrogen-bond acceptors (Lipinski definition) is 6. The highest BCUT2D eigenvalue weighted by molar-refractivity contribution is 7.89. The summed E-state index contributed by atoms with van der Waals surface area (Å²) in [7, 11) is -3.51. The van der Waals surface area contributed by atoms with E-state index in [4.69, 9.17) is 0 Å². The minimum Gasteiger partial charge on any atom is -0.368 e. The van der Waals surface area contributed by atoms with E-state index in [0.717, 1.165) is 45.0 Å². The van der Waals surface area contributed by atoms with E-state index in [0.29, 0.717) is 24.0 Å². The Bertz CT molecular complexity index is 650. The lowest BCUT2D eigenvalue weighted by Gasteiger charge is -2.37. The zero-order valence-electron chi connectivity index (χ0n) is 14.5. The third-order valence-electron chi connectivity index (χ3n) is 4.84. The molecule has 24 heavy (non-hydrogen) atoms. The van der Waals surface area contributed by atoms with Gasteiger partial charge in [-0.3, -0.25) is 9.88 Å². The molecule has 3 rings (SSSR count). The summed E-state index contributed by atoms with van der Waals surface area (Å²) in [5.41, 5.74) is 0.776. The summed E-state index contributed by atoms with van der Waals surface area (Å²) < 4.78 is 27.9. The van der Waals surface area contributed by atoms with Crippen LogP contribution in [0.25, 0.3) is 0 Å². The Morgan fingerprint density at radius 3 is 2.38 bits per heavy atom. The summed E-state index contributed by atoms with van der Waals surface area (Å²) in [5.74, 6) is 0. The summed E-state index contributed by atoms with van der Waals surface area (Å²) in [4.78, 5) is 8.87. The average molecular weight is 353 g/mol. The van der Waals surface area contributed by atoms with Crippen LogP contribution in [0.5, 0.6) is 0 Å². The molecule has 0 aliphatic carbocycles. The van der Waals surface area contributed by atoms with Crippen molar-refractivity contribution < 1.29 is 8.42 Å². The number of anilines is 1. The largest absolute Gasteiger partial charge is 0.368 e. The van der Waals surface area contributed by atoms with Gasteiger partial charge in [0.15, 0.2) is 0 Å². The topological polar surface area (TPSA) is 68.8 Å². The van der Waals surface area contributed by atoms with Gasteiger partial charge in [-0.2, -0.15) is 4.31 Å². The van der Waals surface area contributed by atoms with Crippen molar-refractivity contribution in [2.75, 3.05) is 57.3 Å². The Hall–Kier alpha value is -1.22. The molecule has 2 aliphatic heterocycles. The number of aromatic nitrogens is 1. The fraction of sp³-hybridized carbons (Fsp3) is 0.688. The summed E-state index contributed by atoms with van der Waals surface area (Å²) in [5, 5.41) is 3.30. The van der Waals surface area contributed by atoms with Gasteiger partial charge in [-0.15, -0.1) is 0 Å². The van der Waals surface area contributed by atoms with Gasteiger partial charge in [-0.05, 0) is 19.9 Å². The lowest BCUT2D eigenvalue weighted by atomic mass is 10.3. The molecule has 0 atom stereocenters. The van der Waals surface area contributed by atoms with Gasteiger partial charge in [0.25, 0.3) is 0 Å². The molecule has 1 N–H and O–H groups in total. The Kier molecular flexibility index (Phi) is 5.39. The highest BCUT2D eigenvalue weighted by Crippen LogP contribution is 2.28. The number of sulfonamides is 1. The molecular formula is C16H27N5O2S. The first-order valence-electron chi connectivity index (χ1n) is 8.64. The van der Waals surface area contributed by atoms with Gasteiger partial charge in [-0.25, -0.2) is 8.42 Å². The molecule has 2 aliphatic rings. The summed E-state index contributed by atoms with van der Waals surface area (Å²) in [6, 6.07) is 2.27. The number of piperazine rings is 2. The molecule has 134 valence electrons. The second-order valence-electron chi connectivity index (χ2n) is 6.61. The Morgan fingerprint density at radius 2 is 1.75 bits per heavy atom. The van der Waals surface area contributed by atoms with Crippen molar-refractivity contribution in [2.24, 2.45) is 0 Å². The average Bonchev–Trinajstić information content (AvgIpc) is 2.62. The molecular weight excluding hydrogens is 326 g/mol. The molecule has 0 spiro atoms. The quantitative estimate of drug-likeness (QED) is 0.834. The molecule has 1 aromatic heterocycles. The minimum atomic E-state index is -3.51. The molecule has 3 heterocycles. The SMILES string of the molecule is CC(C)N1CCN(S(=O)(=O)c2cnccc2N2CCNCC2)CC1. The Labute approximate surface area is 144 Å². The van der Waals surface area contributed by atoms with Gasteiger partial charge in [0.1, 0.15) is 4.90 Å². The van der Waals surface area contributed by atoms with Gasteiger partial charge >= 0.3 is 0 Å². The maximum absolute atomic E-state index is 13.2. The normalized spacial score (nSPS) is 21.4. The molecule has 1 aromatic rings. The second kappa shape index (κ2) is 7.35. The predicted molar refractivity (Wildman–Crippen MR) is 94.8 cm³/mol. The van der Waals surface area contributed by atoms with Gasteiger partial charge in [-0.1, -0.05) is 0 Å². The first-order chi connectivity index (χ1) is 11.5. The van der Waals surface area contributed by atoms with E-state index in [1.165, 1.54) is 6.20 Å². The fourth-order valence-corrected chi connectivity index (χ4v) is 4.92. The molecule has 2 saturated heterocycles. The molecule has 8 heteroatoms. The van der Waals surface area contributed by atoms with E-state index in [2.05, 4.69) is 33.9 Å². The van der Waals surface area contributed by atoms with E-state index in [9.17, 15) is 8.42 Å². The number of hydrogen-bond donors (Lipinski definition) is 1. The van der Waals surface area contributed by atoms with Crippen molar-refractivity contribution in [2.45, 2.75) is 24.8 Å². The van der Waals surface area contributed by atoms with Crippen LogP contribution in [0.3, 0.4) is 0 Å². The van der Waals surface area contributed by atoms with E-state index in [1.807, 2.05) is 6.07 Å². The van der Waals surface area contributed by atoms with Crippen molar-refractivity contribution in [1.29, 1.82) is 0 Å². The van der Waals surface area contributed by atoms with Crippen LogP contribution in [-0.4, -0.2) is 81.0 Å². The van der Waals surface area contributed by atoms with E-state index in [1.54, 1.807) is 10.5 Å². The van der Waals surface area contributed by atoms with Crippen LogP contribution < -0.4 is 10.2 Å². The van der Waals surface area contributed by atoms with Crippen LogP contribution >= 0.6 is 0 Å². The molecule has 2 fully saturated rings. The molecule has 0 amide bonds. The molecule has 0 bridgehead atoms. The second-order valence-corrected chi connectivity index (χ2v) is 8.52. The lowest BCUT2D eigenvalue weighted by Crippen LogP contribution is -2.51. The van der Waals surface area contributed by atoms with Crippen LogP contribution in [0.4, 0.5) is 5.69 Å². The van der Waals surface area contributed by atoms with Crippen molar-refractivity contribution in [3.8, 4) is 0 Å². The first-order valence-corrected chi connectivity index (χ1v) is 10.1. The fourth-order valence-electron chi connectivity index (χ4n) is 3.34. The number of rotatable bonds is 4. The van der Waals surface area contributed by atoms with Crippen molar-refractivity contribution in [3.63, 3.8) is 0 Å². The van der Waals surface area contributed by atoms with Crippen LogP contribution in [-0.2, 0) is 10.0 Å². The van der Waals surface area contributed by atoms with E-state index in [-0.39, 0.29) is 0 Å². The first kappa shape index (κ1) is 17.6. The monoisotopic (exact) mass is 353 g/mol. The summed E-state index contributed by atoms with van der Waals surface area (Å²) in [6.45, 7) is 10.3. The third-order valence-corrected chi connectivity index (χ3v) is 6.76. The summed E-state index contributed by atoms with van der Waals surface area (Å²) >= 11 is 0. The van der Waals surface area contributed by atoms with E-state index >= 15 is 0 Å². The van der Waals surface area contributed by atoms with Crippen molar-refractivity contribution in [1.82, 2.24) is 19.5 Å². The highest BCUT2D eigenvalue weighted by atomic mass is 32.2. The lowest BCUT2D eigenvalue weighted by molar-refractivity contribution is 0.154. The zero-order valence-corrected chi connectivity index (χ0v) is 15.3. The summed E-state index contributed by atoms with van der Waals surface area (Å²) in [6.07, 6.45) is 3.18. The number of pyridine rings is 1. The third kappa shape index (κ3) is 3.56. The standard InChI is InChI=1S/C16H27N5O2S/c1-14(2)19-9-11-21(12-10-19)24(22,23)16-13-18-4-3-15(16)20-7-5-17-6-8-20/h3-4,13-14,17H,5-12H2,1-2H3. The zero-order chi connectivity index (χ0) is 17.2. The van der Waals surface area contributed by atoms with Crippen molar-refractivity contribution in [3.05, 3.63) is 18.5 Å². The maximum atomic E-state index is 13.2. The van der Waals surface area contributed by atoms with Crippen LogP contribution in [0.1, 0.15) is 13.8 Å². The van der Waals surface area contributed by atoms with Crippen LogP contribution in [0, 0.1) is 0 Å².